The van der Waals surface area contributed by atoms with Crippen molar-refractivity contribution in [2.24, 2.45) is 7.05 Å². The summed E-state index contributed by atoms with van der Waals surface area (Å²) in [5, 5.41) is 0. The molecule has 0 saturated heterocycles. The van der Waals surface area contributed by atoms with Gasteiger partial charge in [0.15, 0.2) is 0 Å². The molecule has 3 nitrogen and oxygen atoms in total. The molecular weight excluding hydrogens is 289 g/mol. The highest BCUT2D eigenvalue weighted by atomic mass is 79.9. The lowest BCUT2D eigenvalue weighted by atomic mass is 10.3. The lowest BCUT2D eigenvalue weighted by Gasteiger charge is -2.18. The van der Waals surface area contributed by atoms with Crippen molar-refractivity contribution in [3.8, 4) is 0 Å². The second-order valence-corrected chi connectivity index (χ2v) is 4.35. The fraction of sp³-hybridized carbons (Fsp3) is 0.444. The van der Waals surface area contributed by atoms with Crippen LogP contribution in [0.5, 0.6) is 0 Å². The minimum absolute atomic E-state index is 0.207. The van der Waals surface area contributed by atoms with Crippen LogP contribution in [0.1, 0.15) is 10.5 Å². The molecule has 0 aliphatic carbocycles. The van der Waals surface area contributed by atoms with Crippen molar-refractivity contribution in [3.05, 3.63) is 22.4 Å². The van der Waals surface area contributed by atoms with Crippen molar-refractivity contribution >= 4 is 21.8 Å². The summed E-state index contributed by atoms with van der Waals surface area (Å²) in [6.07, 6.45) is -2.78. The van der Waals surface area contributed by atoms with E-state index in [4.69, 9.17) is 0 Å². The number of aryl methyl sites for hydroxylation is 1. The Morgan fingerprint density at radius 1 is 1.56 bits per heavy atom. The van der Waals surface area contributed by atoms with Crippen LogP contribution in [0.25, 0.3) is 0 Å². The highest BCUT2D eigenvalue weighted by molar-refractivity contribution is 9.10. The lowest BCUT2D eigenvalue weighted by Crippen LogP contribution is -2.36. The van der Waals surface area contributed by atoms with Crippen LogP contribution in [-0.2, 0) is 7.05 Å². The first-order valence-corrected chi connectivity index (χ1v) is 5.14. The molecule has 0 aliphatic rings. The third-order valence-corrected chi connectivity index (χ3v) is 2.39. The van der Waals surface area contributed by atoms with E-state index in [0.29, 0.717) is 9.37 Å². The molecule has 0 spiro atoms. The van der Waals surface area contributed by atoms with Crippen molar-refractivity contribution < 1.29 is 18.0 Å². The van der Waals surface area contributed by atoms with E-state index in [1.807, 2.05) is 0 Å². The topological polar surface area (TPSA) is 25.2 Å². The Labute approximate surface area is 99.0 Å². The molecule has 0 aromatic carbocycles. The highest BCUT2D eigenvalue weighted by Crippen LogP contribution is 2.19. The van der Waals surface area contributed by atoms with Crippen molar-refractivity contribution in [2.75, 3.05) is 13.6 Å². The monoisotopic (exact) mass is 298 g/mol. The second kappa shape index (κ2) is 4.48. The number of halogens is 4. The summed E-state index contributed by atoms with van der Waals surface area (Å²) >= 11 is 3.15. The molecule has 0 aliphatic heterocycles. The first kappa shape index (κ1) is 13.1. The maximum Gasteiger partial charge on any atom is 0.406 e. The van der Waals surface area contributed by atoms with Crippen LogP contribution < -0.4 is 0 Å². The number of carbonyl (C=O) groups excluding carboxylic acids is 1. The SMILES string of the molecule is CN(CC(F)(F)F)C(=O)c1cc(Br)cn1C. The van der Waals surface area contributed by atoms with Gasteiger partial charge in [-0.2, -0.15) is 13.2 Å². The van der Waals surface area contributed by atoms with E-state index in [1.54, 1.807) is 13.2 Å². The maximum absolute atomic E-state index is 12.1. The van der Waals surface area contributed by atoms with Gasteiger partial charge in [0.25, 0.3) is 5.91 Å². The number of hydrogen-bond acceptors (Lipinski definition) is 1. The molecule has 0 atom stereocenters. The summed E-state index contributed by atoms with van der Waals surface area (Å²) in [4.78, 5) is 12.3. The van der Waals surface area contributed by atoms with Crippen molar-refractivity contribution in [2.45, 2.75) is 6.18 Å². The first-order valence-electron chi connectivity index (χ1n) is 4.35. The number of aromatic nitrogens is 1. The van der Waals surface area contributed by atoms with Gasteiger partial charge in [-0.05, 0) is 22.0 Å². The average Bonchev–Trinajstić information content (AvgIpc) is 2.41. The molecule has 0 fully saturated rings. The Kier molecular flexibility index (Phi) is 3.67. The minimum atomic E-state index is -4.38. The molecular formula is C9H10BrF3N2O. The Morgan fingerprint density at radius 2 is 2.12 bits per heavy atom. The number of hydrogen-bond donors (Lipinski definition) is 0. The normalized spacial score (nSPS) is 11.6. The molecule has 7 heteroatoms. The molecule has 1 aromatic heterocycles. The van der Waals surface area contributed by atoms with Gasteiger partial charge in [0.1, 0.15) is 12.2 Å². The zero-order valence-electron chi connectivity index (χ0n) is 8.68. The van der Waals surface area contributed by atoms with Gasteiger partial charge in [-0.15, -0.1) is 0 Å². The van der Waals surface area contributed by atoms with Crippen molar-refractivity contribution in [1.29, 1.82) is 0 Å². The summed E-state index contributed by atoms with van der Waals surface area (Å²) in [7, 11) is 2.72. The quantitative estimate of drug-likeness (QED) is 0.823. The second-order valence-electron chi connectivity index (χ2n) is 3.43. The highest BCUT2D eigenvalue weighted by Gasteiger charge is 2.32. The molecule has 16 heavy (non-hydrogen) atoms. The molecule has 0 unspecified atom stereocenters. The largest absolute Gasteiger partial charge is 0.406 e. The number of alkyl halides is 3. The zero-order valence-corrected chi connectivity index (χ0v) is 10.3. The number of nitrogens with zero attached hydrogens (tertiary/aromatic N) is 2. The molecule has 0 N–H and O–H groups in total. The van der Waals surface area contributed by atoms with E-state index in [-0.39, 0.29) is 5.69 Å². The average molecular weight is 299 g/mol. The summed E-state index contributed by atoms with van der Waals surface area (Å²) in [5.74, 6) is -0.662. The van der Waals surface area contributed by atoms with Crippen LogP contribution in [0.2, 0.25) is 0 Å². The van der Waals surface area contributed by atoms with Crippen LogP contribution in [0.3, 0.4) is 0 Å². The molecule has 0 radical (unpaired) electrons. The van der Waals surface area contributed by atoms with Crippen LogP contribution in [0, 0.1) is 0 Å². The van der Waals surface area contributed by atoms with Crippen LogP contribution in [0.4, 0.5) is 13.2 Å². The molecule has 90 valence electrons. The van der Waals surface area contributed by atoms with E-state index in [1.165, 1.54) is 10.6 Å². The van der Waals surface area contributed by atoms with E-state index in [0.717, 1.165) is 7.05 Å². The summed E-state index contributed by atoms with van der Waals surface area (Å²) in [6.45, 7) is -1.26. The van der Waals surface area contributed by atoms with E-state index in [9.17, 15) is 18.0 Å². The zero-order chi connectivity index (χ0) is 12.5. The Morgan fingerprint density at radius 3 is 2.50 bits per heavy atom. The molecule has 1 rings (SSSR count). The summed E-state index contributed by atoms with van der Waals surface area (Å²) < 4.78 is 38.4. The third kappa shape index (κ3) is 3.26. The molecule has 1 aromatic rings. The summed E-state index contributed by atoms with van der Waals surface area (Å²) in [6, 6.07) is 1.48. The van der Waals surface area contributed by atoms with Gasteiger partial charge in [-0.1, -0.05) is 0 Å². The number of carbonyl (C=O) groups is 1. The first-order chi connectivity index (χ1) is 7.20. The van der Waals surface area contributed by atoms with Gasteiger partial charge >= 0.3 is 6.18 Å². The lowest BCUT2D eigenvalue weighted by molar-refractivity contribution is -0.138. The molecule has 1 amide bonds. The van der Waals surface area contributed by atoms with Crippen molar-refractivity contribution in [1.82, 2.24) is 9.47 Å². The van der Waals surface area contributed by atoms with Crippen LogP contribution >= 0.6 is 15.9 Å². The number of amides is 1. The summed E-state index contributed by atoms with van der Waals surface area (Å²) in [5.41, 5.74) is 0.207. The van der Waals surface area contributed by atoms with Gasteiger partial charge in [-0.3, -0.25) is 4.79 Å². The molecule has 0 saturated carbocycles. The maximum atomic E-state index is 12.1. The van der Waals surface area contributed by atoms with Gasteiger partial charge in [0.2, 0.25) is 0 Å². The molecule has 1 heterocycles. The predicted molar refractivity (Wildman–Crippen MR) is 56.1 cm³/mol. The fourth-order valence-corrected chi connectivity index (χ4v) is 1.80. The van der Waals surface area contributed by atoms with Gasteiger partial charge in [-0.25, -0.2) is 0 Å². The third-order valence-electron chi connectivity index (χ3n) is 1.95. The Balaban J connectivity index is 2.82. The standard InChI is InChI=1S/C9H10BrF3N2O/c1-14-4-6(10)3-7(14)8(16)15(2)5-9(11,12)13/h3-4H,5H2,1-2H3. The molecule has 0 bridgehead atoms. The van der Waals surface area contributed by atoms with E-state index < -0.39 is 18.6 Å². The Hall–Kier alpha value is -0.980. The fourth-order valence-electron chi connectivity index (χ4n) is 1.27. The van der Waals surface area contributed by atoms with Crippen molar-refractivity contribution in [3.63, 3.8) is 0 Å². The van der Waals surface area contributed by atoms with Crippen LogP contribution in [-0.4, -0.2) is 35.1 Å². The van der Waals surface area contributed by atoms with Gasteiger partial charge < -0.3 is 9.47 Å². The van der Waals surface area contributed by atoms with Gasteiger partial charge in [0.05, 0.1) is 0 Å². The van der Waals surface area contributed by atoms with E-state index >= 15 is 0 Å². The predicted octanol–water partition coefficient (Wildman–Crippen LogP) is 2.42. The van der Waals surface area contributed by atoms with E-state index in [2.05, 4.69) is 15.9 Å². The Bertz CT molecular complexity index is 400. The van der Waals surface area contributed by atoms with Crippen LogP contribution in [0.15, 0.2) is 16.7 Å². The number of rotatable bonds is 2. The van der Waals surface area contributed by atoms with Gasteiger partial charge in [0, 0.05) is 24.8 Å². The minimum Gasteiger partial charge on any atom is -0.345 e. The smallest absolute Gasteiger partial charge is 0.345 e.